The van der Waals surface area contributed by atoms with Gasteiger partial charge in [0.05, 0.1) is 17.9 Å². The summed E-state index contributed by atoms with van der Waals surface area (Å²) in [6.07, 6.45) is 0. The highest BCUT2D eigenvalue weighted by Gasteiger charge is 2.16. The highest BCUT2D eigenvalue weighted by molar-refractivity contribution is 7.98. The molecule has 0 N–H and O–H groups in total. The Hall–Kier alpha value is -3.55. The first-order valence-corrected chi connectivity index (χ1v) is 11.2. The van der Waals surface area contributed by atoms with Crippen molar-refractivity contribution >= 4 is 11.8 Å². The minimum absolute atomic E-state index is 0.613. The molecule has 0 saturated heterocycles. The zero-order valence-electron chi connectivity index (χ0n) is 17.3. The van der Waals surface area contributed by atoms with Crippen molar-refractivity contribution < 1.29 is 4.74 Å². The number of nitriles is 1. The quantitative estimate of drug-likeness (QED) is 0.301. The van der Waals surface area contributed by atoms with Crippen LogP contribution in [-0.2, 0) is 5.75 Å². The third-order valence-corrected chi connectivity index (χ3v) is 5.91. The van der Waals surface area contributed by atoms with Gasteiger partial charge in [-0.15, -0.1) is 11.8 Å². The molecule has 3 aromatic carbocycles. The maximum absolute atomic E-state index is 9.99. The molecule has 0 saturated carbocycles. The van der Waals surface area contributed by atoms with Crippen molar-refractivity contribution in [2.45, 2.75) is 17.7 Å². The highest BCUT2D eigenvalue weighted by Crippen LogP contribution is 2.35. The molecule has 0 unspecified atom stereocenters. The molecule has 0 atom stereocenters. The number of pyridine rings is 1. The molecule has 1 heterocycles. The molecule has 0 aliphatic carbocycles. The Labute approximate surface area is 187 Å². The van der Waals surface area contributed by atoms with E-state index in [9.17, 15) is 5.26 Å². The first-order valence-electron chi connectivity index (χ1n) is 10.2. The average molecular weight is 423 g/mol. The zero-order valence-corrected chi connectivity index (χ0v) is 18.1. The Bertz CT molecular complexity index is 1180. The topological polar surface area (TPSA) is 45.9 Å². The van der Waals surface area contributed by atoms with Crippen LogP contribution in [0.4, 0.5) is 0 Å². The third-order valence-electron chi connectivity index (χ3n) is 4.86. The van der Waals surface area contributed by atoms with Crippen molar-refractivity contribution in [3.63, 3.8) is 0 Å². The van der Waals surface area contributed by atoms with Crippen LogP contribution in [0.15, 0.2) is 96.0 Å². The summed E-state index contributed by atoms with van der Waals surface area (Å²) in [7, 11) is 0. The van der Waals surface area contributed by atoms with Crippen molar-refractivity contribution in [2.75, 3.05) is 6.61 Å². The minimum Gasteiger partial charge on any atom is -0.494 e. The second kappa shape index (κ2) is 9.97. The highest BCUT2D eigenvalue weighted by atomic mass is 32.2. The molecule has 0 bridgehead atoms. The molecule has 4 heteroatoms. The van der Waals surface area contributed by atoms with Crippen molar-refractivity contribution in [3.05, 3.63) is 102 Å². The Morgan fingerprint density at radius 2 is 1.55 bits per heavy atom. The number of benzene rings is 3. The zero-order chi connectivity index (χ0) is 21.5. The van der Waals surface area contributed by atoms with Gasteiger partial charge in [0.15, 0.2) is 0 Å². The summed E-state index contributed by atoms with van der Waals surface area (Å²) >= 11 is 1.60. The van der Waals surface area contributed by atoms with Crippen LogP contribution in [0.3, 0.4) is 0 Å². The lowest BCUT2D eigenvalue weighted by molar-refractivity contribution is 0.340. The number of aromatic nitrogens is 1. The predicted molar refractivity (Wildman–Crippen MR) is 127 cm³/mol. The number of ether oxygens (including phenoxy) is 1. The summed E-state index contributed by atoms with van der Waals surface area (Å²) in [5.74, 6) is 1.59. The first kappa shape index (κ1) is 20.7. The van der Waals surface area contributed by atoms with E-state index in [2.05, 4.69) is 18.2 Å². The maximum Gasteiger partial charge on any atom is 0.119 e. The fraction of sp³-hybridized carbons (Fsp3) is 0.111. The Morgan fingerprint density at radius 3 is 2.19 bits per heavy atom. The lowest BCUT2D eigenvalue weighted by Crippen LogP contribution is -1.96. The first-order chi connectivity index (χ1) is 15.3. The van der Waals surface area contributed by atoms with E-state index in [1.807, 2.05) is 85.8 Å². The monoisotopic (exact) mass is 422 g/mol. The largest absolute Gasteiger partial charge is 0.494 e. The number of hydrogen-bond donors (Lipinski definition) is 0. The molecular formula is C27H22N2OS. The van der Waals surface area contributed by atoms with Crippen LogP contribution < -0.4 is 4.74 Å². The predicted octanol–water partition coefficient (Wildman–Crippen LogP) is 6.98. The average Bonchev–Trinajstić information content (AvgIpc) is 2.84. The van der Waals surface area contributed by atoms with Crippen LogP contribution >= 0.6 is 11.8 Å². The van der Waals surface area contributed by atoms with Crippen LogP contribution in [-0.4, -0.2) is 11.6 Å². The van der Waals surface area contributed by atoms with Gasteiger partial charge < -0.3 is 4.74 Å². The van der Waals surface area contributed by atoms with Gasteiger partial charge in [-0.2, -0.15) is 5.26 Å². The molecule has 1 aromatic heterocycles. The van der Waals surface area contributed by atoms with Crippen molar-refractivity contribution in [1.29, 1.82) is 5.26 Å². The van der Waals surface area contributed by atoms with Crippen LogP contribution in [0.5, 0.6) is 5.75 Å². The lowest BCUT2D eigenvalue weighted by atomic mass is 9.99. The molecule has 152 valence electrons. The molecule has 0 aliphatic heterocycles. The maximum atomic E-state index is 9.99. The van der Waals surface area contributed by atoms with Gasteiger partial charge >= 0.3 is 0 Å². The van der Waals surface area contributed by atoms with Crippen LogP contribution in [0.1, 0.15) is 18.1 Å². The molecule has 31 heavy (non-hydrogen) atoms. The summed E-state index contributed by atoms with van der Waals surface area (Å²) in [5.41, 5.74) is 5.56. The number of thioether (sulfide) groups is 1. The van der Waals surface area contributed by atoms with E-state index in [0.717, 1.165) is 38.9 Å². The van der Waals surface area contributed by atoms with Crippen molar-refractivity contribution in [1.82, 2.24) is 4.98 Å². The normalized spacial score (nSPS) is 10.5. The fourth-order valence-electron chi connectivity index (χ4n) is 3.34. The molecule has 0 aliphatic rings. The Balaban J connectivity index is 1.78. The van der Waals surface area contributed by atoms with E-state index in [0.29, 0.717) is 12.2 Å². The lowest BCUT2D eigenvalue weighted by Gasteiger charge is -2.13. The summed E-state index contributed by atoms with van der Waals surface area (Å²) in [4.78, 5) is 4.89. The van der Waals surface area contributed by atoms with E-state index >= 15 is 0 Å². The number of hydrogen-bond acceptors (Lipinski definition) is 4. The molecule has 0 amide bonds. The van der Waals surface area contributed by atoms with Gasteiger partial charge in [0, 0.05) is 16.9 Å². The van der Waals surface area contributed by atoms with Gasteiger partial charge in [-0.3, -0.25) is 0 Å². The molecule has 0 fully saturated rings. The molecular weight excluding hydrogens is 400 g/mol. The third kappa shape index (κ3) is 4.96. The van der Waals surface area contributed by atoms with Crippen molar-refractivity contribution in [3.8, 4) is 34.2 Å². The standard InChI is InChI=1S/C27H22N2OS/c1-2-30-23-15-13-22(14-16-23)26-17-24(21-11-7-4-8-12-21)25(18-28)27(29-26)31-19-20-9-5-3-6-10-20/h3-17H,2,19H2,1H3. The summed E-state index contributed by atoms with van der Waals surface area (Å²) in [5, 5.41) is 10.7. The Morgan fingerprint density at radius 1 is 0.871 bits per heavy atom. The molecule has 0 spiro atoms. The molecule has 4 aromatic rings. The van der Waals surface area contributed by atoms with Gasteiger partial charge in [-0.25, -0.2) is 4.98 Å². The van der Waals surface area contributed by atoms with Gasteiger partial charge in [0.25, 0.3) is 0 Å². The van der Waals surface area contributed by atoms with E-state index in [-0.39, 0.29) is 0 Å². The summed E-state index contributed by atoms with van der Waals surface area (Å²) < 4.78 is 5.57. The van der Waals surface area contributed by atoms with E-state index in [1.54, 1.807) is 11.8 Å². The summed E-state index contributed by atoms with van der Waals surface area (Å²) in [6, 6.07) is 32.6. The van der Waals surface area contributed by atoms with E-state index in [4.69, 9.17) is 9.72 Å². The van der Waals surface area contributed by atoms with Crippen LogP contribution in [0.25, 0.3) is 22.4 Å². The second-order valence-corrected chi connectivity index (χ2v) is 7.91. The summed E-state index contributed by atoms with van der Waals surface area (Å²) in [6.45, 7) is 2.60. The van der Waals surface area contributed by atoms with Gasteiger partial charge in [-0.1, -0.05) is 60.7 Å². The molecule has 3 nitrogen and oxygen atoms in total. The minimum atomic E-state index is 0.613. The fourth-order valence-corrected chi connectivity index (χ4v) is 4.30. The van der Waals surface area contributed by atoms with Crippen LogP contribution in [0, 0.1) is 11.3 Å². The second-order valence-electron chi connectivity index (χ2n) is 6.94. The van der Waals surface area contributed by atoms with E-state index < -0.39 is 0 Å². The van der Waals surface area contributed by atoms with Crippen molar-refractivity contribution in [2.24, 2.45) is 0 Å². The number of nitrogens with zero attached hydrogens (tertiary/aromatic N) is 2. The van der Waals surface area contributed by atoms with Gasteiger partial charge in [-0.05, 0) is 48.4 Å². The number of rotatable bonds is 7. The van der Waals surface area contributed by atoms with Crippen LogP contribution in [0.2, 0.25) is 0 Å². The van der Waals surface area contributed by atoms with Gasteiger partial charge in [0.2, 0.25) is 0 Å². The Kier molecular flexibility index (Phi) is 6.66. The molecule has 4 rings (SSSR count). The van der Waals surface area contributed by atoms with E-state index in [1.165, 1.54) is 5.56 Å². The molecule has 0 radical (unpaired) electrons. The van der Waals surface area contributed by atoms with Gasteiger partial charge in [0.1, 0.15) is 16.8 Å². The SMILES string of the molecule is CCOc1ccc(-c2cc(-c3ccccc3)c(C#N)c(SCc3ccccc3)n2)cc1. The smallest absolute Gasteiger partial charge is 0.119 e.